The number of aryl methyl sites for hydroxylation is 1. The van der Waals surface area contributed by atoms with Gasteiger partial charge in [0.1, 0.15) is 17.4 Å². The zero-order valence-corrected chi connectivity index (χ0v) is 19.9. The first-order valence-electron chi connectivity index (χ1n) is 10.9. The minimum absolute atomic E-state index is 0.160. The second-order valence-corrected chi connectivity index (χ2v) is 8.85. The molecule has 3 heterocycles. The van der Waals surface area contributed by atoms with Gasteiger partial charge in [-0.05, 0) is 62.2 Å². The number of methoxy groups -OCH3 is 1. The van der Waals surface area contributed by atoms with Gasteiger partial charge in [0.05, 0.1) is 7.11 Å². The maximum Gasteiger partial charge on any atom is 0.264 e. The van der Waals surface area contributed by atoms with Gasteiger partial charge in [-0.15, -0.1) is 11.3 Å². The molecule has 0 N–H and O–H groups in total. The molecule has 0 aliphatic carbocycles. The largest absolute Gasteiger partial charge is 0.497 e. The number of nitriles is 1. The van der Waals surface area contributed by atoms with Crippen LogP contribution in [0, 0.1) is 25.2 Å². The molecule has 1 amide bonds. The molecule has 1 saturated heterocycles. The molecule has 0 spiro atoms. The van der Waals surface area contributed by atoms with Crippen molar-refractivity contribution in [2.24, 2.45) is 0 Å². The summed E-state index contributed by atoms with van der Waals surface area (Å²) >= 11 is 1.60. The first-order chi connectivity index (χ1) is 16.0. The molecule has 0 saturated carbocycles. The Kier molecular flexibility index (Phi) is 6.80. The van der Waals surface area contributed by atoms with Gasteiger partial charge in [-0.1, -0.05) is 0 Å². The van der Waals surface area contributed by atoms with Crippen molar-refractivity contribution in [1.82, 2.24) is 14.5 Å². The zero-order chi connectivity index (χ0) is 23.4. The number of anilines is 1. The number of hydrogen-bond donors (Lipinski definition) is 0. The molecular weight excluding hydrogens is 434 g/mol. The van der Waals surface area contributed by atoms with Crippen LogP contribution in [0.2, 0.25) is 0 Å². The van der Waals surface area contributed by atoms with Crippen LogP contribution in [-0.2, 0) is 4.79 Å². The number of amides is 1. The summed E-state index contributed by atoms with van der Waals surface area (Å²) in [6.07, 6.45) is 4.36. The molecule has 0 unspecified atom stereocenters. The molecule has 3 aromatic rings. The third kappa shape index (κ3) is 4.78. The fourth-order valence-electron chi connectivity index (χ4n) is 4.21. The van der Waals surface area contributed by atoms with Crippen LogP contribution in [0.4, 0.5) is 5.13 Å². The van der Waals surface area contributed by atoms with Crippen molar-refractivity contribution in [3.63, 3.8) is 0 Å². The minimum atomic E-state index is -0.215. The molecule has 7 nitrogen and oxygen atoms in total. The van der Waals surface area contributed by atoms with Gasteiger partial charge in [0.15, 0.2) is 5.13 Å². The van der Waals surface area contributed by atoms with E-state index >= 15 is 0 Å². The van der Waals surface area contributed by atoms with Crippen molar-refractivity contribution in [2.45, 2.75) is 20.3 Å². The fourth-order valence-corrected chi connectivity index (χ4v) is 4.91. The lowest BCUT2D eigenvalue weighted by Crippen LogP contribution is -2.35. The topological polar surface area (TPSA) is 74.4 Å². The van der Waals surface area contributed by atoms with E-state index in [1.165, 1.54) is 0 Å². The highest BCUT2D eigenvalue weighted by Gasteiger charge is 2.23. The number of ether oxygens (including phenoxy) is 1. The van der Waals surface area contributed by atoms with Crippen molar-refractivity contribution in [3.05, 3.63) is 64.4 Å². The maximum absolute atomic E-state index is 13.2. The third-order valence-corrected chi connectivity index (χ3v) is 6.76. The van der Waals surface area contributed by atoms with E-state index in [2.05, 4.69) is 20.5 Å². The van der Waals surface area contributed by atoms with Crippen LogP contribution >= 0.6 is 11.3 Å². The van der Waals surface area contributed by atoms with E-state index in [0.29, 0.717) is 19.6 Å². The number of benzene rings is 1. The highest BCUT2D eigenvalue weighted by atomic mass is 32.1. The van der Waals surface area contributed by atoms with Crippen LogP contribution in [0.3, 0.4) is 0 Å². The third-order valence-electron chi connectivity index (χ3n) is 5.92. The van der Waals surface area contributed by atoms with Gasteiger partial charge in [0.2, 0.25) is 0 Å². The minimum Gasteiger partial charge on any atom is -0.497 e. The molecule has 1 fully saturated rings. The Balaban J connectivity index is 1.55. The Bertz CT molecular complexity index is 1190. The molecule has 1 aliphatic heterocycles. The van der Waals surface area contributed by atoms with E-state index in [0.717, 1.165) is 46.5 Å². The van der Waals surface area contributed by atoms with E-state index in [-0.39, 0.29) is 11.5 Å². The summed E-state index contributed by atoms with van der Waals surface area (Å²) in [5, 5.41) is 12.7. The van der Waals surface area contributed by atoms with Gasteiger partial charge in [0.25, 0.3) is 5.91 Å². The smallest absolute Gasteiger partial charge is 0.264 e. The van der Waals surface area contributed by atoms with Crippen molar-refractivity contribution >= 4 is 28.5 Å². The van der Waals surface area contributed by atoms with Crippen LogP contribution < -0.4 is 9.64 Å². The zero-order valence-electron chi connectivity index (χ0n) is 19.1. The highest BCUT2D eigenvalue weighted by Crippen LogP contribution is 2.25. The van der Waals surface area contributed by atoms with Crippen molar-refractivity contribution in [2.75, 3.05) is 38.2 Å². The number of thiazole rings is 1. The molecule has 1 aromatic carbocycles. The summed E-state index contributed by atoms with van der Waals surface area (Å²) in [6, 6.07) is 12.0. The monoisotopic (exact) mass is 461 g/mol. The number of carbonyl (C=O) groups excluding carboxylic acids is 1. The normalized spacial score (nSPS) is 14.7. The van der Waals surface area contributed by atoms with Gasteiger partial charge >= 0.3 is 0 Å². The summed E-state index contributed by atoms with van der Waals surface area (Å²) < 4.78 is 7.37. The van der Waals surface area contributed by atoms with Crippen molar-refractivity contribution in [3.8, 4) is 17.5 Å². The predicted molar refractivity (Wildman–Crippen MR) is 131 cm³/mol. The Labute approximate surface area is 198 Å². The van der Waals surface area contributed by atoms with Crippen molar-refractivity contribution < 1.29 is 9.53 Å². The number of hydrogen-bond acceptors (Lipinski definition) is 6. The molecule has 8 heteroatoms. The van der Waals surface area contributed by atoms with Gasteiger partial charge < -0.3 is 19.1 Å². The van der Waals surface area contributed by atoms with Gasteiger partial charge in [-0.3, -0.25) is 4.79 Å². The summed E-state index contributed by atoms with van der Waals surface area (Å²) in [7, 11) is 1.64. The van der Waals surface area contributed by atoms with Gasteiger partial charge in [-0.25, -0.2) is 4.98 Å². The molecule has 2 aromatic heterocycles. The molecule has 0 bridgehead atoms. The number of carbonyl (C=O) groups is 1. The predicted octanol–water partition coefficient (Wildman–Crippen LogP) is 4.21. The summed E-state index contributed by atoms with van der Waals surface area (Å²) in [4.78, 5) is 21.6. The molecular formula is C25H27N5O2S. The Morgan fingerprint density at radius 2 is 1.97 bits per heavy atom. The van der Waals surface area contributed by atoms with Crippen LogP contribution in [0.15, 0.2) is 47.5 Å². The molecule has 170 valence electrons. The summed E-state index contributed by atoms with van der Waals surface area (Å²) in [5.74, 6) is 0.581. The SMILES string of the molecule is COc1ccc(-n2c(C)cc(/C=C(\C#N)C(=O)N3CCCN(c4nccs4)CC3)c2C)cc1. The maximum atomic E-state index is 13.2. The second kappa shape index (κ2) is 9.92. The first-order valence-corrected chi connectivity index (χ1v) is 11.8. The Morgan fingerprint density at radius 3 is 2.64 bits per heavy atom. The van der Waals surface area contributed by atoms with Crippen LogP contribution in [-0.4, -0.2) is 53.6 Å². The van der Waals surface area contributed by atoms with E-state index < -0.39 is 0 Å². The molecule has 0 radical (unpaired) electrons. The average molecular weight is 462 g/mol. The summed E-state index contributed by atoms with van der Waals surface area (Å²) in [6.45, 7) is 6.79. The Morgan fingerprint density at radius 1 is 1.18 bits per heavy atom. The molecule has 0 atom stereocenters. The highest BCUT2D eigenvalue weighted by molar-refractivity contribution is 7.13. The van der Waals surface area contributed by atoms with E-state index in [1.54, 1.807) is 35.6 Å². The van der Waals surface area contributed by atoms with Crippen LogP contribution in [0.5, 0.6) is 5.75 Å². The quantitative estimate of drug-likeness (QED) is 0.420. The lowest BCUT2D eigenvalue weighted by atomic mass is 10.1. The van der Waals surface area contributed by atoms with E-state index in [1.807, 2.05) is 49.6 Å². The van der Waals surface area contributed by atoms with Crippen molar-refractivity contribution in [1.29, 1.82) is 5.26 Å². The number of nitrogens with zero attached hydrogens (tertiary/aromatic N) is 5. The lowest BCUT2D eigenvalue weighted by molar-refractivity contribution is -0.126. The van der Waals surface area contributed by atoms with E-state index in [9.17, 15) is 10.1 Å². The first kappa shape index (κ1) is 22.6. The summed E-state index contributed by atoms with van der Waals surface area (Å²) in [5.41, 5.74) is 4.04. The Hall–Kier alpha value is -3.57. The van der Waals surface area contributed by atoms with Gasteiger partial charge in [-0.2, -0.15) is 5.26 Å². The average Bonchev–Trinajstić information content (AvgIpc) is 3.38. The molecule has 1 aliphatic rings. The number of rotatable bonds is 5. The lowest BCUT2D eigenvalue weighted by Gasteiger charge is -2.21. The molecule has 4 rings (SSSR count). The standard InChI is InChI=1S/C25H27N5O2S/c1-18-15-20(19(2)30(18)22-5-7-23(32-3)8-6-22)16-21(17-26)24(31)28-10-4-11-29(13-12-28)25-27-9-14-33-25/h5-9,14-16H,4,10-13H2,1-3H3/b21-16+. The van der Waals surface area contributed by atoms with Crippen LogP contribution in [0.1, 0.15) is 23.4 Å². The van der Waals surface area contributed by atoms with Crippen LogP contribution in [0.25, 0.3) is 11.8 Å². The fraction of sp³-hybridized carbons (Fsp3) is 0.320. The second-order valence-electron chi connectivity index (χ2n) is 7.98. The molecule has 33 heavy (non-hydrogen) atoms. The number of aromatic nitrogens is 2. The van der Waals surface area contributed by atoms with E-state index in [4.69, 9.17) is 4.74 Å². The van der Waals surface area contributed by atoms with Gasteiger partial charge in [0, 0.05) is 54.8 Å².